The predicted octanol–water partition coefficient (Wildman–Crippen LogP) is 23.6. The smallest absolute Gasteiger partial charge is 0.387 e. The Morgan fingerprint density at radius 1 is 0.410 bits per heavy atom. The molecule has 3 unspecified atom stereocenters. The molecule has 0 bridgehead atoms. The molecule has 0 radical (unpaired) electrons. The highest BCUT2D eigenvalue weighted by Crippen LogP contribution is 2.43. The Morgan fingerprint density at radius 3 is 0.988 bits per heavy atom. The number of nitrogens with one attached hydrogen (secondary N) is 1. The van der Waals surface area contributed by atoms with E-state index in [1.165, 1.54) is 321 Å². The average molecular weight is 1190 g/mol. The van der Waals surface area contributed by atoms with Crippen molar-refractivity contribution in [3.05, 3.63) is 36.5 Å². The molecule has 9 heteroatoms. The SMILES string of the molecule is CCCCCCC/C=C\C/C=C\CCCCCCCCCCCCCCCCCCCCCCCCCC(=O)NC(COP(=O)(O)OCC[N+](C)(C)C)C(O)/C=C/CCCCCCCCCCCCCCCCCCCCCCCCCC. The van der Waals surface area contributed by atoms with Gasteiger partial charge in [0.25, 0.3) is 0 Å². The monoisotopic (exact) mass is 1190 g/mol. The molecule has 0 aromatic rings. The van der Waals surface area contributed by atoms with Crippen LogP contribution in [0.5, 0.6) is 0 Å². The van der Waals surface area contributed by atoms with E-state index in [4.69, 9.17) is 9.05 Å². The summed E-state index contributed by atoms with van der Waals surface area (Å²) in [4.78, 5) is 23.4. The van der Waals surface area contributed by atoms with Crippen molar-refractivity contribution in [3.63, 3.8) is 0 Å². The van der Waals surface area contributed by atoms with Crippen LogP contribution < -0.4 is 5.32 Å². The van der Waals surface area contributed by atoms with Gasteiger partial charge in [-0.15, -0.1) is 0 Å². The molecule has 0 aromatic heterocycles. The Balaban J connectivity index is 3.98. The quantitative estimate of drug-likeness (QED) is 0.0243. The van der Waals surface area contributed by atoms with Crippen molar-refractivity contribution in [2.75, 3.05) is 40.9 Å². The number of phosphoric ester groups is 1. The van der Waals surface area contributed by atoms with Gasteiger partial charge in [-0.05, 0) is 51.4 Å². The highest BCUT2D eigenvalue weighted by molar-refractivity contribution is 7.47. The minimum atomic E-state index is -4.35. The number of unbranched alkanes of at least 4 members (excludes halogenated alkanes) is 52. The molecule has 0 saturated carbocycles. The van der Waals surface area contributed by atoms with Gasteiger partial charge in [-0.1, -0.05) is 359 Å². The van der Waals surface area contributed by atoms with E-state index in [9.17, 15) is 19.4 Å². The van der Waals surface area contributed by atoms with E-state index in [1.54, 1.807) is 6.08 Å². The number of amides is 1. The highest BCUT2D eigenvalue weighted by atomic mass is 31.2. The standard InChI is InChI=1S/C74H145N2O6P/c1-6-8-10-12-14-16-18-20-22-24-26-28-30-32-34-35-36-37-38-39-40-41-42-44-46-48-50-52-54-56-58-60-62-64-66-68-74(78)75-72(71-82-83(79,80)81-70-69-76(3,4)5)73(77)67-65-63-61-59-57-55-53-51-49-47-45-43-33-31-29-27-25-23-21-19-17-15-13-11-9-7-2/h18,20,24,26,65,67,72-73,77H,6-17,19,21-23,25,27-64,66,68-71H2,1-5H3,(H-,75,78,79,80)/p+1/b20-18-,26-24-,67-65+. The van der Waals surface area contributed by atoms with E-state index < -0.39 is 20.0 Å². The van der Waals surface area contributed by atoms with Gasteiger partial charge < -0.3 is 19.8 Å². The number of rotatable bonds is 69. The average Bonchev–Trinajstić information content (AvgIpc) is 3.49. The number of nitrogens with zero attached hydrogens (tertiary/aromatic N) is 1. The summed E-state index contributed by atoms with van der Waals surface area (Å²) in [5.41, 5.74) is 0. The van der Waals surface area contributed by atoms with Crippen LogP contribution in [0.25, 0.3) is 0 Å². The van der Waals surface area contributed by atoms with Gasteiger partial charge >= 0.3 is 7.82 Å². The molecule has 83 heavy (non-hydrogen) atoms. The number of carbonyl (C=O) groups is 1. The van der Waals surface area contributed by atoms with Crippen LogP contribution in [0.4, 0.5) is 0 Å². The summed E-state index contributed by atoms with van der Waals surface area (Å²) in [6, 6.07) is -0.846. The first-order chi connectivity index (χ1) is 40.5. The molecule has 0 aliphatic rings. The number of allylic oxidation sites excluding steroid dienone is 5. The molecule has 0 rings (SSSR count). The molecule has 0 aliphatic carbocycles. The Hall–Kier alpha value is -1.28. The Kier molecular flexibility index (Phi) is 64.2. The van der Waals surface area contributed by atoms with Crippen molar-refractivity contribution in [2.45, 2.75) is 392 Å². The molecule has 3 atom stereocenters. The first-order valence-electron chi connectivity index (χ1n) is 36.9. The zero-order valence-corrected chi connectivity index (χ0v) is 57.4. The molecule has 0 fully saturated rings. The van der Waals surface area contributed by atoms with Gasteiger partial charge in [0.15, 0.2) is 0 Å². The van der Waals surface area contributed by atoms with Crippen LogP contribution in [0.15, 0.2) is 36.5 Å². The maximum absolute atomic E-state index is 13.1. The maximum atomic E-state index is 13.1. The van der Waals surface area contributed by atoms with Crippen molar-refractivity contribution >= 4 is 13.7 Å². The van der Waals surface area contributed by atoms with Crippen molar-refractivity contribution in [1.29, 1.82) is 0 Å². The summed E-state index contributed by atoms with van der Waals surface area (Å²) in [5, 5.41) is 14.0. The number of aliphatic hydroxyl groups is 1. The second kappa shape index (κ2) is 65.2. The third kappa shape index (κ3) is 68.1. The minimum absolute atomic E-state index is 0.0640. The number of aliphatic hydroxyl groups excluding tert-OH is 1. The van der Waals surface area contributed by atoms with Crippen LogP contribution >= 0.6 is 7.82 Å². The Labute approximate surface area is 518 Å². The van der Waals surface area contributed by atoms with Crippen molar-refractivity contribution < 1.29 is 32.9 Å². The summed E-state index contributed by atoms with van der Waals surface area (Å²) < 4.78 is 23.8. The predicted molar refractivity (Wildman–Crippen MR) is 365 cm³/mol. The molecule has 8 nitrogen and oxygen atoms in total. The van der Waals surface area contributed by atoms with Crippen molar-refractivity contribution in [1.82, 2.24) is 5.32 Å². The van der Waals surface area contributed by atoms with Crippen LogP contribution in [-0.4, -0.2) is 73.4 Å². The van der Waals surface area contributed by atoms with E-state index in [-0.39, 0.29) is 19.1 Å². The summed E-state index contributed by atoms with van der Waals surface area (Å²) in [7, 11) is 1.59. The fourth-order valence-corrected chi connectivity index (χ4v) is 12.1. The first kappa shape index (κ1) is 81.7. The van der Waals surface area contributed by atoms with Gasteiger partial charge in [-0.25, -0.2) is 4.57 Å². The topological polar surface area (TPSA) is 105 Å². The molecule has 0 saturated heterocycles. The van der Waals surface area contributed by atoms with Crippen LogP contribution in [0.2, 0.25) is 0 Å². The van der Waals surface area contributed by atoms with Gasteiger partial charge in [0.05, 0.1) is 39.9 Å². The second-order valence-electron chi connectivity index (χ2n) is 26.7. The lowest BCUT2D eigenvalue weighted by Crippen LogP contribution is -2.45. The van der Waals surface area contributed by atoms with E-state index in [0.717, 1.165) is 38.5 Å². The van der Waals surface area contributed by atoms with E-state index in [2.05, 4.69) is 43.5 Å². The van der Waals surface area contributed by atoms with Crippen LogP contribution in [-0.2, 0) is 18.4 Å². The lowest BCUT2D eigenvalue weighted by atomic mass is 10.0. The molecule has 0 heterocycles. The van der Waals surface area contributed by atoms with Crippen LogP contribution in [0.1, 0.15) is 380 Å². The molecular formula is C74H146N2O6P+. The van der Waals surface area contributed by atoms with Crippen molar-refractivity contribution in [2.24, 2.45) is 0 Å². The number of phosphoric acid groups is 1. The lowest BCUT2D eigenvalue weighted by Gasteiger charge is -2.25. The number of carbonyl (C=O) groups excluding carboxylic acids is 1. The number of quaternary nitrogens is 1. The normalized spacial score (nSPS) is 13.8. The highest BCUT2D eigenvalue weighted by Gasteiger charge is 2.28. The molecule has 3 N–H and O–H groups in total. The van der Waals surface area contributed by atoms with Gasteiger partial charge in [0.1, 0.15) is 13.2 Å². The number of likely N-dealkylation sites (N-methyl/N-ethyl adjacent to an activating group) is 1. The van der Waals surface area contributed by atoms with Crippen LogP contribution in [0, 0.1) is 0 Å². The molecule has 0 aliphatic heterocycles. The zero-order chi connectivity index (χ0) is 60.5. The Bertz CT molecular complexity index is 1450. The lowest BCUT2D eigenvalue weighted by molar-refractivity contribution is -0.870. The van der Waals surface area contributed by atoms with E-state index in [0.29, 0.717) is 17.4 Å². The third-order valence-corrected chi connectivity index (χ3v) is 18.1. The number of hydrogen-bond acceptors (Lipinski definition) is 5. The summed E-state index contributed by atoms with van der Waals surface area (Å²) in [6.45, 7) is 4.87. The number of hydrogen-bond donors (Lipinski definition) is 3. The molecule has 0 spiro atoms. The fraction of sp³-hybridized carbons (Fsp3) is 0.905. The largest absolute Gasteiger partial charge is 0.472 e. The minimum Gasteiger partial charge on any atom is -0.387 e. The van der Waals surface area contributed by atoms with Crippen LogP contribution in [0.3, 0.4) is 0 Å². The third-order valence-electron chi connectivity index (χ3n) is 17.1. The van der Waals surface area contributed by atoms with E-state index >= 15 is 0 Å². The Morgan fingerprint density at radius 2 is 0.687 bits per heavy atom. The van der Waals surface area contributed by atoms with Gasteiger partial charge in [-0.3, -0.25) is 13.8 Å². The van der Waals surface area contributed by atoms with Gasteiger partial charge in [-0.2, -0.15) is 0 Å². The second-order valence-corrected chi connectivity index (χ2v) is 28.1. The fourth-order valence-electron chi connectivity index (χ4n) is 11.4. The first-order valence-corrected chi connectivity index (χ1v) is 38.4. The maximum Gasteiger partial charge on any atom is 0.472 e. The summed E-state index contributed by atoms with van der Waals surface area (Å²) in [6.07, 6.45) is 87.4. The molecule has 1 amide bonds. The van der Waals surface area contributed by atoms with E-state index in [1.807, 2.05) is 27.2 Å². The van der Waals surface area contributed by atoms with Crippen molar-refractivity contribution in [3.8, 4) is 0 Å². The molecular weight excluding hydrogens is 1040 g/mol. The molecule has 492 valence electrons. The summed E-state index contributed by atoms with van der Waals surface area (Å²) in [5.74, 6) is -0.168. The van der Waals surface area contributed by atoms with Gasteiger partial charge in [0, 0.05) is 6.42 Å². The molecule has 0 aromatic carbocycles. The zero-order valence-electron chi connectivity index (χ0n) is 56.5. The van der Waals surface area contributed by atoms with Gasteiger partial charge in [0.2, 0.25) is 5.91 Å². The summed E-state index contributed by atoms with van der Waals surface area (Å²) >= 11 is 0.